The van der Waals surface area contributed by atoms with Crippen LogP contribution in [0.2, 0.25) is 0 Å². The Morgan fingerprint density at radius 3 is 1.90 bits per heavy atom. The van der Waals surface area contributed by atoms with Crippen molar-refractivity contribution < 1.29 is 14.2 Å². The predicted molar refractivity (Wildman–Crippen MR) is 117 cm³/mol. The van der Waals surface area contributed by atoms with E-state index in [1.807, 2.05) is 20.8 Å². The van der Waals surface area contributed by atoms with Gasteiger partial charge in [-0.2, -0.15) is 0 Å². The highest BCUT2D eigenvalue weighted by atomic mass is 16.5. The van der Waals surface area contributed by atoms with Gasteiger partial charge in [0.05, 0.1) is 33.4 Å². The molecule has 0 amide bonds. The Balaban J connectivity index is 2.14. The first kappa shape index (κ1) is 21.9. The minimum atomic E-state index is -0.451. The van der Waals surface area contributed by atoms with Gasteiger partial charge in [-0.1, -0.05) is 20.8 Å². The number of imidazole rings is 1. The SMILES string of the molecule is COc1cc(/C=c2/[nH]c(=O)/c(=C\c3nc[nH]c3C(C)(C)C)[nH]c2=O)cc(OC)c1OC. The highest BCUT2D eigenvalue weighted by Crippen LogP contribution is 2.38. The number of aromatic amines is 3. The monoisotopic (exact) mass is 426 g/mol. The van der Waals surface area contributed by atoms with Gasteiger partial charge in [0.15, 0.2) is 11.5 Å². The van der Waals surface area contributed by atoms with Gasteiger partial charge >= 0.3 is 0 Å². The lowest BCUT2D eigenvalue weighted by Crippen LogP contribution is -2.46. The molecule has 3 aromatic rings. The normalized spacial score (nSPS) is 12.8. The van der Waals surface area contributed by atoms with Crippen LogP contribution >= 0.6 is 0 Å². The molecule has 2 aromatic heterocycles. The van der Waals surface area contributed by atoms with Crippen LogP contribution in [0.15, 0.2) is 28.0 Å². The van der Waals surface area contributed by atoms with Crippen molar-refractivity contribution in [3.05, 3.63) is 66.8 Å². The van der Waals surface area contributed by atoms with Crippen LogP contribution in [0.3, 0.4) is 0 Å². The molecule has 31 heavy (non-hydrogen) atoms. The summed E-state index contributed by atoms with van der Waals surface area (Å²) in [5.74, 6) is 1.30. The second kappa shape index (κ2) is 8.55. The summed E-state index contributed by atoms with van der Waals surface area (Å²) in [7, 11) is 4.51. The molecule has 0 unspecified atom stereocenters. The van der Waals surface area contributed by atoms with Crippen LogP contribution in [0.25, 0.3) is 12.2 Å². The lowest BCUT2D eigenvalue weighted by molar-refractivity contribution is 0.324. The minimum Gasteiger partial charge on any atom is -0.493 e. The molecule has 9 nitrogen and oxygen atoms in total. The summed E-state index contributed by atoms with van der Waals surface area (Å²) in [6.07, 6.45) is 4.65. The van der Waals surface area contributed by atoms with Crippen molar-refractivity contribution >= 4 is 12.2 Å². The highest BCUT2D eigenvalue weighted by molar-refractivity contribution is 5.61. The number of rotatable bonds is 5. The Labute approximate surface area is 178 Å². The van der Waals surface area contributed by atoms with E-state index < -0.39 is 11.1 Å². The van der Waals surface area contributed by atoms with Crippen molar-refractivity contribution in [3.8, 4) is 17.2 Å². The first-order valence-corrected chi connectivity index (χ1v) is 9.58. The second-order valence-electron chi connectivity index (χ2n) is 7.90. The molecule has 0 aliphatic rings. The number of benzene rings is 1. The van der Waals surface area contributed by atoms with E-state index in [0.29, 0.717) is 28.5 Å². The fourth-order valence-corrected chi connectivity index (χ4v) is 3.20. The van der Waals surface area contributed by atoms with Gasteiger partial charge in [-0.15, -0.1) is 0 Å². The maximum absolute atomic E-state index is 12.6. The second-order valence-corrected chi connectivity index (χ2v) is 7.90. The van der Waals surface area contributed by atoms with Crippen LogP contribution in [-0.2, 0) is 5.41 Å². The van der Waals surface area contributed by atoms with Crippen molar-refractivity contribution in [2.45, 2.75) is 26.2 Å². The lowest BCUT2D eigenvalue weighted by atomic mass is 9.90. The maximum Gasteiger partial charge on any atom is 0.272 e. The van der Waals surface area contributed by atoms with Gasteiger partial charge in [-0.05, 0) is 29.8 Å². The zero-order chi connectivity index (χ0) is 22.8. The van der Waals surface area contributed by atoms with E-state index in [1.165, 1.54) is 27.4 Å². The number of aromatic nitrogens is 4. The third kappa shape index (κ3) is 4.55. The van der Waals surface area contributed by atoms with Crippen molar-refractivity contribution in [1.29, 1.82) is 0 Å². The van der Waals surface area contributed by atoms with Crippen LogP contribution in [0.5, 0.6) is 17.2 Å². The summed E-state index contributed by atoms with van der Waals surface area (Å²) in [4.78, 5) is 37.9. The standard InChI is InChI=1S/C22H26N4O5/c1-22(2,3)19-13(23-11-24-19)10-15-21(28)25-14(20(27)26-15)7-12-8-16(29-4)18(31-6)17(9-12)30-5/h7-11H,1-6H3,(H,23,24)(H,25,28)(H,26,27)/b14-7+,15-10+. The average molecular weight is 426 g/mol. The molecule has 1 aromatic carbocycles. The first-order valence-electron chi connectivity index (χ1n) is 9.58. The molecule has 0 atom stereocenters. The van der Waals surface area contributed by atoms with E-state index in [4.69, 9.17) is 14.2 Å². The molecule has 9 heteroatoms. The van der Waals surface area contributed by atoms with Gasteiger partial charge in [0.25, 0.3) is 11.1 Å². The first-order chi connectivity index (χ1) is 14.7. The molecule has 3 N–H and O–H groups in total. The zero-order valence-corrected chi connectivity index (χ0v) is 18.4. The number of hydrogen-bond acceptors (Lipinski definition) is 6. The number of hydrogen-bond donors (Lipinski definition) is 3. The van der Waals surface area contributed by atoms with Crippen molar-refractivity contribution in [3.63, 3.8) is 0 Å². The fraction of sp³-hybridized carbons (Fsp3) is 0.318. The molecular formula is C22H26N4O5. The number of nitrogens with one attached hydrogen (secondary N) is 3. The van der Waals surface area contributed by atoms with Crippen LogP contribution in [-0.4, -0.2) is 41.3 Å². The zero-order valence-electron chi connectivity index (χ0n) is 18.4. The van der Waals surface area contributed by atoms with Crippen molar-refractivity contribution in [2.75, 3.05) is 21.3 Å². The third-order valence-electron chi connectivity index (χ3n) is 4.68. The van der Waals surface area contributed by atoms with Gasteiger partial charge in [-0.25, -0.2) is 4.98 Å². The highest BCUT2D eigenvalue weighted by Gasteiger charge is 2.19. The summed E-state index contributed by atoms with van der Waals surface area (Å²) >= 11 is 0. The number of H-pyrrole nitrogens is 3. The maximum atomic E-state index is 12.6. The van der Waals surface area contributed by atoms with Gasteiger partial charge in [0.2, 0.25) is 5.75 Å². The van der Waals surface area contributed by atoms with E-state index in [0.717, 1.165) is 5.69 Å². The molecule has 0 saturated carbocycles. The molecule has 0 fully saturated rings. The molecule has 2 heterocycles. The summed E-state index contributed by atoms with van der Waals surface area (Å²) in [6.45, 7) is 6.08. The molecule has 0 aliphatic heterocycles. The Morgan fingerprint density at radius 1 is 0.871 bits per heavy atom. The molecule has 0 bridgehead atoms. The van der Waals surface area contributed by atoms with E-state index in [9.17, 15) is 9.59 Å². The Kier molecular flexibility index (Phi) is 6.05. The molecule has 0 aliphatic carbocycles. The van der Waals surface area contributed by atoms with Crippen molar-refractivity contribution in [1.82, 2.24) is 19.9 Å². The predicted octanol–water partition coefficient (Wildman–Crippen LogP) is 0.767. The Bertz CT molecular complexity index is 1300. The Hall–Kier alpha value is -3.75. The molecule has 164 valence electrons. The largest absolute Gasteiger partial charge is 0.493 e. The summed E-state index contributed by atoms with van der Waals surface area (Å²) < 4.78 is 16.0. The molecule has 0 spiro atoms. The molecule has 3 rings (SSSR count). The lowest BCUT2D eigenvalue weighted by Gasteiger charge is -2.16. The average Bonchev–Trinajstić information content (AvgIpc) is 3.19. The topological polar surface area (TPSA) is 122 Å². The molecule has 0 radical (unpaired) electrons. The van der Waals surface area contributed by atoms with E-state index in [2.05, 4.69) is 19.9 Å². The summed E-state index contributed by atoms with van der Waals surface area (Å²) in [5, 5.41) is 0.208. The third-order valence-corrected chi connectivity index (χ3v) is 4.68. The number of ether oxygens (including phenoxy) is 3. The van der Waals surface area contributed by atoms with Gasteiger partial charge in [0.1, 0.15) is 10.7 Å². The van der Waals surface area contributed by atoms with Crippen LogP contribution < -0.4 is 36.0 Å². The van der Waals surface area contributed by atoms with E-state index in [1.54, 1.807) is 24.5 Å². The van der Waals surface area contributed by atoms with Gasteiger partial charge in [-0.3, -0.25) is 9.59 Å². The van der Waals surface area contributed by atoms with Gasteiger partial charge in [0, 0.05) is 11.1 Å². The van der Waals surface area contributed by atoms with Crippen LogP contribution in [0.1, 0.15) is 37.7 Å². The van der Waals surface area contributed by atoms with E-state index in [-0.39, 0.29) is 16.1 Å². The fourth-order valence-electron chi connectivity index (χ4n) is 3.20. The number of nitrogens with zero attached hydrogens (tertiary/aromatic N) is 1. The molecule has 0 saturated heterocycles. The van der Waals surface area contributed by atoms with Crippen LogP contribution in [0, 0.1) is 0 Å². The quantitative estimate of drug-likeness (QED) is 0.554. The van der Waals surface area contributed by atoms with E-state index >= 15 is 0 Å². The smallest absolute Gasteiger partial charge is 0.272 e. The summed E-state index contributed by atoms with van der Waals surface area (Å²) in [6, 6.07) is 3.36. The Morgan fingerprint density at radius 2 is 1.42 bits per heavy atom. The van der Waals surface area contributed by atoms with Gasteiger partial charge < -0.3 is 29.2 Å². The summed E-state index contributed by atoms with van der Waals surface area (Å²) in [5.41, 5.74) is 0.953. The molecular weight excluding hydrogens is 400 g/mol. The number of methoxy groups -OCH3 is 3. The van der Waals surface area contributed by atoms with Crippen molar-refractivity contribution in [2.24, 2.45) is 0 Å². The van der Waals surface area contributed by atoms with Crippen LogP contribution in [0.4, 0.5) is 0 Å². The minimum absolute atomic E-state index is 0.0921.